The third kappa shape index (κ3) is 3.42. The molecule has 1 aromatic heterocycles. The number of hydrogen-bond donors (Lipinski definition) is 1. The highest BCUT2D eigenvalue weighted by Crippen LogP contribution is 1.91. The molecule has 0 unspecified atom stereocenters. The monoisotopic (exact) mass is 237 g/mol. The van der Waals surface area contributed by atoms with E-state index in [0.29, 0.717) is 12.2 Å². The second-order valence-corrected chi connectivity index (χ2v) is 4.29. The first-order valence-corrected chi connectivity index (χ1v) is 5.53. The van der Waals surface area contributed by atoms with Crippen molar-refractivity contribution in [2.75, 3.05) is 6.54 Å². The van der Waals surface area contributed by atoms with Crippen LogP contribution in [0.4, 0.5) is 0 Å². The first kappa shape index (κ1) is 13.4. The molecular formula is C12H19N3O2. The minimum absolute atomic E-state index is 0.271. The number of aromatic nitrogens is 2. The van der Waals surface area contributed by atoms with Crippen LogP contribution < -0.4 is 16.6 Å². The van der Waals surface area contributed by atoms with Gasteiger partial charge in [0.2, 0.25) is 0 Å². The molecule has 0 aliphatic rings. The third-order valence-electron chi connectivity index (χ3n) is 2.59. The highest BCUT2D eigenvalue weighted by molar-refractivity contribution is 5.02. The summed E-state index contributed by atoms with van der Waals surface area (Å²) in [5.74, 6) is 0. The van der Waals surface area contributed by atoms with Gasteiger partial charge < -0.3 is 5.32 Å². The number of hydrogen-bond acceptors (Lipinski definition) is 3. The summed E-state index contributed by atoms with van der Waals surface area (Å²) in [6.07, 6.45) is 2.05. The first-order chi connectivity index (χ1) is 7.93. The van der Waals surface area contributed by atoms with Gasteiger partial charge in [-0.15, -0.1) is 0 Å². The van der Waals surface area contributed by atoms with Gasteiger partial charge in [-0.1, -0.05) is 11.6 Å². The van der Waals surface area contributed by atoms with E-state index in [4.69, 9.17) is 0 Å². The van der Waals surface area contributed by atoms with Crippen LogP contribution in [0.25, 0.3) is 0 Å². The van der Waals surface area contributed by atoms with Crippen LogP contribution in [0.3, 0.4) is 0 Å². The summed E-state index contributed by atoms with van der Waals surface area (Å²) in [5, 5.41) is 3.16. The van der Waals surface area contributed by atoms with Crippen molar-refractivity contribution in [3.63, 3.8) is 0 Å². The smallest absolute Gasteiger partial charge is 0.308 e. The Morgan fingerprint density at radius 2 is 1.94 bits per heavy atom. The number of rotatable bonds is 4. The zero-order valence-corrected chi connectivity index (χ0v) is 10.8. The van der Waals surface area contributed by atoms with E-state index in [1.54, 1.807) is 7.05 Å². The van der Waals surface area contributed by atoms with Crippen molar-refractivity contribution in [2.24, 2.45) is 14.1 Å². The molecular weight excluding hydrogens is 218 g/mol. The average Bonchev–Trinajstić information content (AvgIpc) is 2.27. The molecule has 0 atom stereocenters. The lowest BCUT2D eigenvalue weighted by atomic mass is 10.3. The van der Waals surface area contributed by atoms with Gasteiger partial charge in [0.15, 0.2) is 0 Å². The van der Waals surface area contributed by atoms with Gasteiger partial charge in [0.05, 0.1) is 0 Å². The van der Waals surface area contributed by atoms with E-state index in [2.05, 4.69) is 11.4 Å². The van der Waals surface area contributed by atoms with Crippen LogP contribution in [0.5, 0.6) is 0 Å². The molecule has 0 fully saturated rings. The van der Waals surface area contributed by atoms with Crippen LogP contribution in [0.1, 0.15) is 19.5 Å². The first-order valence-electron chi connectivity index (χ1n) is 5.53. The molecule has 0 radical (unpaired) electrons. The van der Waals surface area contributed by atoms with E-state index in [-0.39, 0.29) is 11.2 Å². The fraction of sp³-hybridized carbons (Fsp3) is 0.500. The molecule has 1 heterocycles. The zero-order chi connectivity index (χ0) is 13.0. The van der Waals surface area contributed by atoms with Crippen LogP contribution in [-0.2, 0) is 20.6 Å². The normalized spacial score (nSPS) is 10.4. The van der Waals surface area contributed by atoms with Gasteiger partial charge in [0, 0.05) is 38.9 Å². The summed E-state index contributed by atoms with van der Waals surface area (Å²) < 4.78 is 2.58. The van der Waals surface area contributed by atoms with Crippen LogP contribution in [-0.4, -0.2) is 15.7 Å². The van der Waals surface area contributed by atoms with Gasteiger partial charge in [0.25, 0.3) is 5.56 Å². The summed E-state index contributed by atoms with van der Waals surface area (Å²) in [6, 6.07) is 1.48. The molecule has 0 amide bonds. The lowest BCUT2D eigenvalue weighted by Gasteiger charge is -2.09. The molecule has 17 heavy (non-hydrogen) atoms. The van der Waals surface area contributed by atoms with Gasteiger partial charge in [-0.3, -0.25) is 13.9 Å². The maximum atomic E-state index is 11.6. The zero-order valence-electron chi connectivity index (χ0n) is 10.8. The molecule has 1 aromatic rings. The summed E-state index contributed by atoms with van der Waals surface area (Å²) in [4.78, 5) is 23.1. The summed E-state index contributed by atoms with van der Waals surface area (Å²) in [6.45, 7) is 5.28. The van der Waals surface area contributed by atoms with Crippen molar-refractivity contribution in [2.45, 2.75) is 20.4 Å². The average molecular weight is 237 g/mol. The molecule has 0 aliphatic carbocycles. The van der Waals surface area contributed by atoms with E-state index in [9.17, 15) is 9.59 Å². The van der Waals surface area contributed by atoms with E-state index in [0.717, 1.165) is 11.1 Å². The molecule has 1 rings (SSSR count). The van der Waals surface area contributed by atoms with Gasteiger partial charge in [-0.05, 0) is 13.8 Å². The van der Waals surface area contributed by atoms with Crippen LogP contribution in [0.15, 0.2) is 27.3 Å². The lowest BCUT2D eigenvalue weighted by molar-refractivity contribution is 0.618. The van der Waals surface area contributed by atoms with Crippen LogP contribution >= 0.6 is 0 Å². The van der Waals surface area contributed by atoms with E-state index >= 15 is 0 Å². The largest absolute Gasteiger partial charge is 0.330 e. The molecule has 5 heteroatoms. The van der Waals surface area contributed by atoms with Crippen molar-refractivity contribution >= 4 is 0 Å². The second-order valence-electron chi connectivity index (χ2n) is 4.29. The highest BCUT2D eigenvalue weighted by atomic mass is 16.2. The van der Waals surface area contributed by atoms with E-state index in [1.807, 2.05) is 13.8 Å². The Morgan fingerprint density at radius 1 is 1.29 bits per heavy atom. The second kappa shape index (κ2) is 5.63. The Balaban J connectivity index is 2.83. The third-order valence-corrected chi connectivity index (χ3v) is 2.59. The van der Waals surface area contributed by atoms with Gasteiger partial charge >= 0.3 is 5.69 Å². The highest BCUT2D eigenvalue weighted by Gasteiger charge is 2.04. The Bertz CT molecular complexity index is 534. The van der Waals surface area contributed by atoms with E-state index in [1.165, 1.54) is 23.3 Å². The molecule has 94 valence electrons. The Kier molecular flexibility index (Phi) is 4.45. The standard InChI is InChI=1S/C12H19N3O2/c1-9(2)5-6-13-8-10-7-11(16)15(4)12(17)14(10)3/h5,7,13H,6,8H2,1-4H3. The van der Waals surface area contributed by atoms with Crippen molar-refractivity contribution in [3.05, 3.63) is 44.2 Å². The van der Waals surface area contributed by atoms with Crippen LogP contribution in [0.2, 0.25) is 0 Å². The Hall–Kier alpha value is -1.62. The molecule has 0 saturated heterocycles. The van der Waals surface area contributed by atoms with Crippen LogP contribution in [0, 0.1) is 0 Å². The van der Waals surface area contributed by atoms with Crippen molar-refractivity contribution < 1.29 is 0 Å². The predicted octanol–water partition coefficient (Wildman–Crippen LogP) is 0.140. The minimum atomic E-state index is -0.295. The van der Waals surface area contributed by atoms with Gasteiger partial charge in [0.1, 0.15) is 0 Å². The number of nitrogens with zero attached hydrogens (tertiary/aromatic N) is 2. The molecule has 0 spiro atoms. The molecule has 0 bridgehead atoms. The summed E-state index contributed by atoms with van der Waals surface area (Å²) >= 11 is 0. The van der Waals surface area contributed by atoms with Crippen molar-refractivity contribution in [1.82, 2.24) is 14.5 Å². The molecule has 0 aliphatic heterocycles. The molecule has 1 N–H and O–H groups in total. The predicted molar refractivity (Wildman–Crippen MR) is 68.1 cm³/mol. The van der Waals surface area contributed by atoms with Gasteiger partial charge in [-0.2, -0.15) is 0 Å². The quantitative estimate of drug-likeness (QED) is 0.598. The molecule has 0 aromatic carbocycles. The van der Waals surface area contributed by atoms with Crippen molar-refractivity contribution in [1.29, 1.82) is 0 Å². The lowest BCUT2D eigenvalue weighted by Crippen LogP contribution is -2.39. The number of allylic oxidation sites excluding steroid dienone is 1. The van der Waals surface area contributed by atoms with Gasteiger partial charge in [-0.25, -0.2) is 4.79 Å². The minimum Gasteiger partial charge on any atom is -0.308 e. The molecule has 5 nitrogen and oxygen atoms in total. The summed E-state index contributed by atoms with van der Waals surface area (Å²) in [7, 11) is 3.14. The fourth-order valence-corrected chi connectivity index (χ4v) is 1.42. The Morgan fingerprint density at radius 3 is 2.53 bits per heavy atom. The van der Waals surface area contributed by atoms with Crippen molar-refractivity contribution in [3.8, 4) is 0 Å². The maximum Gasteiger partial charge on any atom is 0.330 e. The Labute approximate surface area is 100 Å². The van der Waals surface area contributed by atoms with E-state index < -0.39 is 0 Å². The maximum absolute atomic E-state index is 11.6. The molecule has 0 saturated carbocycles. The fourth-order valence-electron chi connectivity index (χ4n) is 1.42. The topological polar surface area (TPSA) is 56.0 Å². The SMILES string of the molecule is CC(C)=CCNCc1cc(=O)n(C)c(=O)n1C. The number of nitrogens with one attached hydrogen (secondary N) is 1. The summed E-state index contributed by atoms with van der Waals surface area (Å²) in [5.41, 5.74) is 1.36.